The molecule has 0 aromatic carbocycles. The fourth-order valence-electron chi connectivity index (χ4n) is 1.80. The maximum Gasteiger partial charge on any atom is 0.208 e. The van der Waals surface area contributed by atoms with Crippen LogP contribution in [0.25, 0.3) is 0 Å². The van der Waals surface area contributed by atoms with E-state index in [-0.39, 0.29) is 6.04 Å². The lowest BCUT2D eigenvalue weighted by atomic mass is 9.92. The first kappa shape index (κ1) is 10.9. The van der Waals surface area contributed by atoms with Crippen molar-refractivity contribution < 1.29 is 8.42 Å². The van der Waals surface area contributed by atoms with Gasteiger partial charge in [0.1, 0.15) is 0 Å². The Hall–Kier alpha value is -0.130. The van der Waals surface area contributed by atoms with E-state index >= 15 is 0 Å². The highest BCUT2D eigenvalue weighted by Crippen LogP contribution is 2.18. The molecule has 1 saturated carbocycles. The van der Waals surface area contributed by atoms with Gasteiger partial charge in [0.25, 0.3) is 0 Å². The van der Waals surface area contributed by atoms with E-state index < -0.39 is 10.0 Å². The first-order chi connectivity index (χ1) is 6.01. The van der Waals surface area contributed by atoms with Gasteiger partial charge in [0.15, 0.2) is 0 Å². The highest BCUT2D eigenvalue weighted by molar-refractivity contribution is 7.88. The van der Waals surface area contributed by atoms with Gasteiger partial charge in [-0.05, 0) is 32.7 Å². The smallest absolute Gasteiger partial charge is 0.208 e. The first-order valence-corrected chi connectivity index (χ1v) is 6.55. The van der Waals surface area contributed by atoms with Crippen LogP contribution in [-0.2, 0) is 10.0 Å². The Labute approximate surface area is 80.1 Å². The first-order valence-electron chi connectivity index (χ1n) is 4.66. The van der Waals surface area contributed by atoms with Crippen molar-refractivity contribution in [2.75, 3.05) is 13.3 Å². The molecule has 4 nitrogen and oxygen atoms in total. The van der Waals surface area contributed by atoms with E-state index in [4.69, 9.17) is 0 Å². The van der Waals surface area contributed by atoms with Crippen LogP contribution in [0.1, 0.15) is 25.7 Å². The van der Waals surface area contributed by atoms with Gasteiger partial charge < -0.3 is 5.32 Å². The van der Waals surface area contributed by atoms with Gasteiger partial charge in [-0.15, -0.1) is 0 Å². The molecule has 0 bridgehead atoms. The molecule has 0 amide bonds. The average molecular weight is 206 g/mol. The molecule has 5 heteroatoms. The van der Waals surface area contributed by atoms with Gasteiger partial charge >= 0.3 is 0 Å². The van der Waals surface area contributed by atoms with Crippen molar-refractivity contribution in [1.82, 2.24) is 10.0 Å². The van der Waals surface area contributed by atoms with Crippen molar-refractivity contribution in [1.29, 1.82) is 0 Å². The number of rotatable bonds is 3. The molecule has 0 saturated heterocycles. The van der Waals surface area contributed by atoms with Gasteiger partial charge in [-0.2, -0.15) is 0 Å². The number of hydrogen-bond acceptors (Lipinski definition) is 3. The summed E-state index contributed by atoms with van der Waals surface area (Å²) in [7, 11) is -1.07. The molecule has 0 atom stereocenters. The van der Waals surface area contributed by atoms with Crippen LogP contribution in [0.5, 0.6) is 0 Å². The fourth-order valence-corrected chi connectivity index (χ4v) is 2.64. The predicted octanol–water partition coefficient (Wildman–Crippen LogP) is 0.0662. The van der Waals surface area contributed by atoms with Gasteiger partial charge in [-0.1, -0.05) is 0 Å². The quantitative estimate of drug-likeness (QED) is 0.687. The molecule has 1 rings (SSSR count). The summed E-state index contributed by atoms with van der Waals surface area (Å²) in [5.41, 5.74) is 0. The molecule has 0 aromatic heterocycles. The lowest BCUT2D eigenvalue weighted by molar-refractivity contribution is 0.343. The summed E-state index contributed by atoms with van der Waals surface area (Å²) in [6.45, 7) is 0. The second-order valence-corrected chi connectivity index (χ2v) is 5.51. The molecule has 0 heterocycles. The maximum atomic E-state index is 10.9. The lowest BCUT2D eigenvalue weighted by Gasteiger charge is -2.28. The minimum Gasteiger partial charge on any atom is -0.317 e. The normalized spacial score (nSPS) is 30.3. The van der Waals surface area contributed by atoms with Crippen molar-refractivity contribution >= 4 is 10.0 Å². The van der Waals surface area contributed by atoms with E-state index in [0.717, 1.165) is 25.7 Å². The van der Waals surface area contributed by atoms with Gasteiger partial charge in [0.05, 0.1) is 6.26 Å². The Bertz CT molecular complexity index is 243. The Morgan fingerprint density at radius 1 is 1.08 bits per heavy atom. The van der Waals surface area contributed by atoms with Crippen LogP contribution in [0.3, 0.4) is 0 Å². The molecular formula is C8H18N2O2S. The summed E-state index contributed by atoms with van der Waals surface area (Å²) in [6, 6.07) is 0.720. The van der Waals surface area contributed by atoms with Crippen LogP contribution in [0.15, 0.2) is 0 Å². The Balaban J connectivity index is 2.33. The Morgan fingerprint density at radius 3 is 1.92 bits per heavy atom. The molecule has 0 aliphatic heterocycles. The second-order valence-electron chi connectivity index (χ2n) is 3.73. The van der Waals surface area contributed by atoms with E-state index in [1.54, 1.807) is 0 Å². The van der Waals surface area contributed by atoms with Crippen molar-refractivity contribution in [3.05, 3.63) is 0 Å². The van der Waals surface area contributed by atoms with Crippen LogP contribution in [-0.4, -0.2) is 33.8 Å². The third-order valence-corrected chi connectivity index (χ3v) is 3.28. The highest BCUT2D eigenvalue weighted by atomic mass is 32.2. The van der Waals surface area contributed by atoms with Crippen LogP contribution < -0.4 is 10.0 Å². The fraction of sp³-hybridized carbons (Fsp3) is 1.00. The van der Waals surface area contributed by atoms with E-state index in [0.29, 0.717) is 6.04 Å². The SMILES string of the molecule is CNC1CCC(NS(C)(=O)=O)CC1. The molecule has 0 spiro atoms. The molecule has 78 valence electrons. The summed E-state index contributed by atoms with van der Waals surface area (Å²) < 4.78 is 24.5. The summed E-state index contributed by atoms with van der Waals surface area (Å²) in [5, 5.41) is 3.21. The molecule has 1 aliphatic rings. The molecule has 1 aliphatic carbocycles. The van der Waals surface area contributed by atoms with E-state index in [9.17, 15) is 8.42 Å². The van der Waals surface area contributed by atoms with E-state index in [1.165, 1.54) is 6.26 Å². The zero-order valence-corrected chi connectivity index (χ0v) is 9.02. The second kappa shape index (κ2) is 4.39. The van der Waals surface area contributed by atoms with Crippen LogP contribution >= 0.6 is 0 Å². The maximum absolute atomic E-state index is 10.9. The minimum atomic E-state index is -3.02. The van der Waals surface area contributed by atoms with Crippen LogP contribution in [0.2, 0.25) is 0 Å². The van der Waals surface area contributed by atoms with Crippen molar-refractivity contribution in [3.63, 3.8) is 0 Å². The zero-order valence-electron chi connectivity index (χ0n) is 8.21. The monoisotopic (exact) mass is 206 g/mol. The molecule has 2 N–H and O–H groups in total. The van der Waals surface area contributed by atoms with E-state index in [2.05, 4.69) is 10.0 Å². The summed E-state index contributed by atoms with van der Waals surface area (Å²) in [5.74, 6) is 0. The largest absolute Gasteiger partial charge is 0.317 e. The third-order valence-electron chi connectivity index (χ3n) is 2.52. The van der Waals surface area contributed by atoms with Crippen LogP contribution in [0, 0.1) is 0 Å². The number of hydrogen-bond donors (Lipinski definition) is 2. The molecule has 0 radical (unpaired) electrons. The molecular weight excluding hydrogens is 188 g/mol. The average Bonchev–Trinajstić information content (AvgIpc) is 2.03. The van der Waals surface area contributed by atoms with Gasteiger partial charge in [-0.3, -0.25) is 0 Å². The highest BCUT2D eigenvalue weighted by Gasteiger charge is 2.21. The predicted molar refractivity (Wildman–Crippen MR) is 53.1 cm³/mol. The number of nitrogens with one attached hydrogen (secondary N) is 2. The number of sulfonamides is 1. The van der Waals surface area contributed by atoms with Crippen molar-refractivity contribution in [2.45, 2.75) is 37.8 Å². The van der Waals surface area contributed by atoms with Crippen molar-refractivity contribution in [2.24, 2.45) is 0 Å². The van der Waals surface area contributed by atoms with Crippen LogP contribution in [0.4, 0.5) is 0 Å². The van der Waals surface area contributed by atoms with Gasteiger partial charge in [-0.25, -0.2) is 13.1 Å². The molecule has 0 aromatic rings. The zero-order chi connectivity index (χ0) is 9.90. The lowest BCUT2D eigenvalue weighted by Crippen LogP contribution is -2.40. The van der Waals surface area contributed by atoms with Gasteiger partial charge in [0, 0.05) is 12.1 Å². The summed E-state index contributed by atoms with van der Waals surface area (Å²) in [4.78, 5) is 0. The Morgan fingerprint density at radius 2 is 1.54 bits per heavy atom. The third kappa shape index (κ3) is 4.06. The van der Waals surface area contributed by atoms with Gasteiger partial charge in [0.2, 0.25) is 10.0 Å². The Kier molecular flexibility index (Phi) is 3.70. The summed E-state index contributed by atoms with van der Waals surface area (Å²) in [6.07, 6.45) is 5.22. The van der Waals surface area contributed by atoms with E-state index in [1.807, 2.05) is 7.05 Å². The summed E-state index contributed by atoms with van der Waals surface area (Å²) >= 11 is 0. The standard InChI is InChI=1S/C8H18N2O2S/c1-9-7-3-5-8(6-4-7)10-13(2,11)12/h7-10H,3-6H2,1-2H3. The topological polar surface area (TPSA) is 58.2 Å². The molecule has 0 unspecified atom stereocenters. The molecule has 13 heavy (non-hydrogen) atoms. The molecule has 1 fully saturated rings. The van der Waals surface area contributed by atoms with Crippen molar-refractivity contribution in [3.8, 4) is 0 Å². The minimum absolute atomic E-state index is 0.152.